The summed E-state index contributed by atoms with van der Waals surface area (Å²) in [4.78, 5) is 16.0. The van der Waals surface area contributed by atoms with Crippen LogP contribution in [0.1, 0.15) is 37.5 Å². The number of nitrogens with zero attached hydrogens (tertiary/aromatic N) is 6. The van der Waals surface area contributed by atoms with Crippen molar-refractivity contribution in [3.8, 4) is 11.4 Å². The Hall–Kier alpha value is -3.06. The minimum absolute atomic E-state index is 0.133. The van der Waals surface area contributed by atoms with E-state index in [1.807, 2.05) is 18.2 Å². The lowest BCUT2D eigenvalue weighted by Gasteiger charge is -2.21. The Morgan fingerprint density at radius 1 is 1.11 bits per heavy atom. The maximum atomic E-state index is 5.64. The summed E-state index contributed by atoms with van der Waals surface area (Å²) in [5.41, 5.74) is 3.16. The number of fused-ring (bicyclic) bond motifs is 1. The summed E-state index contributed by atoms with van der Waals surface area (Å²) < 4.78 is 7.93. The Morgan fingerprint density at radius 2 is 1.96 bits per heavy atom. The van der Waals surface area contributed by atoms with Crippen molar-refractivity contribution in [1.29, 1.82) is 0 Å². The van der Waals surface area contributed by atoms with E-state index in [9.17, 15) is 0 Å². The fraction of sp³-hybridized carbons (Fsp3) is 0.333. The summed E-state index contributed by atoms with van der Waals surface area (Å²) in [5.74, 6) is 2.39. The SMILES string of the molecule is CCn1c(CN2CCCC2c2nc(-c3ccncc3)no2)nc2ccccc21. The van der Waals surface area contributed by atoms with Crippen LogP contribution in [0, 0.1) is 0 Å². The first kappa shape index (κ1) is 17.1. The topological polar surface area (TPSA) is 72.9 Å². The average Bonchev–Trinajstić information content (AvgIpc) is 3.46. The number of benzene rings is 1. The summed E-state index contributed by atoms with van der Waals surface area (Å²) in [6.45, 7) is 4.85. The molecule has 28 heavy (non-hydrogen) atoms. The summed E-state index contributed by atoms with van der Waals surface area (Å²) >= 11 is 0. The lowest BCUT2D eigenvalue weighted by molar-refractivity contribution is 0.195. The molecule has 1 saturated heterocycles. The quantitative estimate of drug-likeness (QED) is 0.528. The fourth-order valence-electron chi connectivity index (χ4n) is 4.06. The molecule has 0 N–H and O–H groups in total. The maximum absolute atomic E-state index is 5.64. The molecule has 142 valence electrons. The van der Waals surface area contributed by atoms with Crippen molar-refractivity contribution in [1.82, 2.24) is 29.6 Å². The molecule has 0 bridgehead atoms. The number of imidazole rings is 1. The average molecular weight is 374 g/mol. The van der Waals surface area contributed by atoms with E-state index in [2.05, 4.69) is 49.7 Å². The highest BCUT2D eigenvalue weighted by Gasteiger charge is 2.32. The Kier molecular flexibility index (Phi) is 4.37. The van der Waals surface area contributed by atoms with Crippen molar-refractivity contribution in [2.24, 2.45) is 0 Å². The number of hydrogen-bond acceptors (Lipinski definition) is 6. The van der Waals surface area contributed by atoms with Crippen molar-refractivity contribution in [3.63, 3.8) is 0 Å². The van der Waals surface area contributed by atoms with Gasteiger partial charge in [-0.15, -0.1) is 0 Å². The minimum Gasteiger partial charge on any atom is -0.337 e. The molecule has 0 amide bonds. The van der Waals surface area contributed by atoms with Crippen molar-refractivity contribution in [2.45, 2.75) is 38.9 Å². The smallest absolute Gasteiger partial charge is 0.244 e. The Labute approximate surface area is 163 Å². The lowest BCUT2D eigenvalue weighted by atomic mass is 10.2. The summed E-state index contributed by atoms with van der Waals surface area (Å²) in [6, 6.07) is 12.2. The number of aromatic nitrogens is 5. The maximum Gasteiger partial charge on any atom is 0.244 e. The predicted molar refractivity (Wildman–Crippen MR) is 105 cm³/mol. The normalized spacial score (nSPS) is 17.5. The second-order valence-electron chi connectivity index (χ2n) is 7.08. The second kappa shape index (κ2) is 7.16. The van der Waals surface area contributed by atoms with Gasteiger partial charge in [0, 0.05) is 24.5 Å². The number of pyridine rings is 1. The van der Waals surface area contributed by atoms with E-state index < -0.39 is 0 Å². The van der Waals surface area contributed by atoms with Gasteiger partial charge in [-0.25, -0.2) is 4.98 Å². The van der Waals surface area contributed by atoms with Crippen LogP contribution in [0.2, 0.25) is 0 Å². The number of aryl methyl sites for hydroxylation is 1. The highest BCUT2D eigenvalue weighted by atomic mass is 16.5. The third-order valence-electron chi connectivity index (χ3n) is 5.42. The Bertz CT molecular complexity index is 1090. The first-order valence-corrected chi connectivity index (χ1v) is 9.75. The van der Waals surface area contributed by atoms with E-state index in [1.54, 1.807) is 12.4 Å². The molecule has 1 aliphatic heterocycles. The molecule has 1 atom stereocenters. The molecular formula is C21H22N6O. The van der Waals surface area contributed by atoms with Crippen molar-refractivity contribution >= 4 is 11.0 Å². The van der Waals surface area contributed by atoms with E-state index in [0.717, 1.165) is 49.4 Å². The van der Waals surface area contributed by atoms with Gasteiger partial charge < -0.3 is 9.09 Å². The van der Waals surface area contributed by atoms with Gasteiger partial charge in [0.05, 0.1) is 23.6 Å². The van der Waals surface area contributed by atoms with E-state index in [4.69, 9.17) is 9.51 Å². The molecule has 7 heteroatoms. The number of rotatable bonds is 5. The van der Waals surface area contributed by atoms with Crippen molar-refractivity contribution in [3.05, 3.63) is 60.5 Å². The van der Waals surface area contributed by atoms with Gasteiger partial charge in [0.25, 0.3) is 0 Å². The zero-order valence-corrected chi connectivity index (χ0v) is 15.8. The Balaban J connectivity index is 1.42. The number of para-hydroxylation sites is 2. The van der Waals surface area contributed by atoms with E-state index in [0.29, 0.717) is 11.7 Å². The predicted octanol–water partition coefficient (Wildman–Crippen LogP) is 3.84. The van der Waals surface area contributed by atoms with Crippen LogP contribution in [0.4, 0.5) is 0 Å². The fourth-order valence-corrected chi connectivity index (χ4v) is 4.06. The molecule has 0 spiro atoms. The van der Waals surface area contributed by atoms with E-state index in [-0.39, 0.29) is 6.04 Å². The number of hydrogen-bond donors (Lipinski definition) is 0. The van der Waals surface area contributed by atoms with Gasteiger partial charge in [-0.2, -0.15) is 4.98 Å². The van der Waals surface area contributed by atoms with Gasteiger partial charge in [0.1, 0.15) is 5.82 Å². The molecule has 5 rings (SSSR count). The molecule has 4 heterocycles. The van der Waals surface area contributed by atoms with Gasteiger partial charge in [-0.1, -0.05) is 17.3 Å². The van der Waals surface area contributed by atoms with Crippen LogP contribution >= 0.6 is 0 Å². The summed E-state index contributed by atoms with van der Waals surface area (Å²) in [6.07, 6.45) is 5.61. The van der Waals surface area contributed by atoms with Crippen LogP contribution < -0.4 is 0 Å². The molecule has 1 aliphatic rings. The van der Waals surface area contributed by atoms with Gasteiger partial charge in [-0.3, -0.25) is 9.88 Å². The zero-order valence-electron chi connectivity index (χ0n) is 15.8. The second-order valence-corrected chi connectivity index (χ2v) is 7.08. The molecule has 7 nitrogen and oxygen atoms in total. The summed E-state index contributed by atoms with van der Waals surface area (Å²) in [5, 5.41) is 4.18. The zero-order chi connectivity index (χ0) is 18.9. The highest BCUT2D eigenvalue weighted by molar-refractivity contribution is 5.75. The molecule has 1 aromatic carbocycles. The molecule has 1 unspecified atom stereocenters. The van der Waals surface area contributed by atoms with Crippen LogP contribution in [-0.2, 0) is 13.1 Å². The Morgan fingerprint density at radius 3 is 2.82 bits per heavy atom. The first-order valence-electron chi connectivity index (χ1n) is 9.75. The molecular weight excluding hydrogens is 352 g/mol. The van der Waals surface area contributed by atoms with E-state index >= 15 is 0 Å². The lowest BCUT2D eigenvalue weighted by Crippen LogP contribution is -2.25. The monoisotopic (exact) mass is 374 g/mol. The van der Waals surface area contributed by atoms with Crippen molar-refractivity contribution in [2.75, 3.05) is 6.54 Å². The molecule has 4 aromatic rings. The van der Waals surface area contributed by atoms with Crippen molar-refractivity contribution < 1.29 is 4.52 Å². The minimum atomic E-state index is 0.133. The van der Waals surface area contributed by atoms with Gasteiger partial charge >= 0.3 is 0 Å². The summed E-state index contributed by atoms with van der Waals surface area (Å²) in [7, 11) is 0. The first-order chi connectivity index (χ1) is 13.8. The molecule has 3 aromatic heterocycles. The van der Waals surface area contributed by atoms with Gasteiger partial charge in [-0.05, 0) is 50.6 Å². The molecule has 0 radical (unpaired) electrons. The van der Waals surface area contributed by atoms with E-state index in [1.165, 1.54) is 5.52 Å². The third kappa shape index (κ3) is 2.97. The molecule has 0 saturated carbocycles. The molecule has 0 aliphatic carbocycles. The van der Waals surface area contributed by atoms with Gasteiger partial charge in [0.15, 0.2) is 0 Å². The number of likely N-dealkylation sites (tertiary alicyclic amines) is 1. The highest BCUT2D eigenvalue weighted by Crippen LogP contribution is 2.33. The van der Waals surface area contributed by atoms with Crippen LogP contribution in [0.15, 0.2) is 53.3 Å². The van der Waals surface area contributed by atoms with Crippen LogP contribution in [0.3, 0.4) is 0 Å². The van der Waals surface area contributed by atoms with Crippen LogP contribution in [0.5, 0.6) is 0 Å². The van der Waals surface area contributed by atoms with Gasteiger partial charge in [0.2, 0.25) is 11.7 Å². The standard InChI is InChI=1S/C21H22N6O/c1-2-27-17-7-4-3-6-16(17)23-19(27)14-26-13-5-8-18(26)21-24-20(25-28-21)15-9-11-22-12-10-15/h3-4,6-7,9-12,18H,2,5,8,13-14H2,1H3. The largest absolute Gasteiger partial charge is 0.337 e. The third-order valence-corrected chi connectivity index (χ3v) is 5.42. The van der Waals surface area contributed by atoms with Crippen LogP contribution in [0.25, 0.3) is 22.4 Å². The molecule has 1 fully saturated rings. The van der Waals surface area contributed by atoms with Crippen LogP contribution in [-0.4, -0.2) is 36.1 Å².